The van der Waals surface area contributed by atoms with E-state index in [1.165, 1.54) is 6.07 Å². The number of benzene rings is 1. The number of aryl methyl sites for hydroxylation is 1. The van der Waals surface area contributed by atoms with E-state index in [4.69, 9.17) is 10.3 Å². The molecule has 1 heterocycles. The molecular formula is C8H7FN2O. The van der Waals surface area contributed by atoms with Crippen molar-refractivity contribution in [3.63, 3.8) is 0 Å². The maximum Gasteiger partial charge on any atom is 0.192 e. The highest BCUT2D eigenvalue weighted by Gasteiger charge is 2.10. The number of fused-ring (bicyclic) bond motifs is 1. The molecule has 0 aliphatic carbocycles. The molecule has 1 aromatic heterocycles. The van der Waals surface area contributed by atoms with E-state index in [0.29, 0.717) is 5.58 Å². The Bertz CT molecular complexity index is 436. The Kier molecular flexibility index (Phi) is 1.30. The fraction of sp³-hybridized carbons (Fsp3) is 0.125. The van der Waals surface area contributed by atoms with Gasteiger partial charge in [0.1, 0.15) is 11.5 Å². The van der Waals surface area contributed by atoms with Gasteiger partial charge in [-0.15, -0.1) is 0 Å². The summed E-state index contributed by atoms with van der Waals surface area (Å²) in [5, 5.41) is 4.43. The molecule has 0 fully saturated rings. The first-order chi connectivity index (χ1) is 5.70. The van der Waals surface area contributed by atoms with Crippen LogP contribution in [0.3, 0.4) is 0 Å². The van der Waals surface area contributed by atoms with Crippen molar-refractivity contribution in [1.82, 2.24) is 5.16 Å². The van der Waals surface area contributed by atoms with Crippen molar-refractivity contribution in [2.75, 3.05) is 5.73 Å². The SMILES string of the molecule is Cc1noc2c(N)c(F)ccc12. The normalized spacial score (nSPS) is 10.8. The molecule has 2 N–H and O–H groups in total. The van der Waals surface area contributed by atoms with E-state index in [2.05, 4.69) is 5.16 Å². The third-order valence-corrected chi connectivity index (χ3v) is 1.81. The van der Waals surface area contributed by atoms with E-state index in [9.17, 15) is 4.39 Å². The zero-order valence-electron chi connectivity index (χ0n) is 6.47. The minimum atomic E-state index is -0.473. The number of nitrogen functional groups attached to an aromatic ring is 1. The quantitative estimate of drug-likeness (QED) is 0.607. The molecule has 4 heteroatoms. The lowest BCUT2D eigenvalue weighted by molar-refractivity contribution is 0.450. The molecule has 0 saturated heterocycles. The summed E-state index contributed by atoms with van der Waals surface area (Å²) in [6.45, 7) is 1.78. The molecule has 0 spiro atoms. The molecule has 0 atom stereocenters. The molecule has 2 rings (SSSR count). The molecule has 0 bridgehead atoms. The first-order valence-corrected chi connectivity index (χ1v) is 3.50. The van der Waals surface area contributed by atoms with Gasteiger partial charge in [0.15, 0.2) is 5.58 Å². The van der Waals surface area contributed by atoms with Crippen molar-refractivity contribution >= 4 is 16.7 Å². The Morgan fingerprint density at radius 2 is 2.25 bits per heavy atom. The average molecular weight is 166 g/mol. The second-order valence-electron chi connectivity index (χ2n) is 2.61. The molecule has 0 amide bonds. The molecule has 0 radical (unpaired) electrons. The van der Waals surface area contributed by atoms with E-state index in [-0.39, 0.29) is 5.69 Å². The van der Waals surface area contributed by atoms with Crippen LogP contribution in [0.5, 0.6) is 0 Å². The van der Waals surface area contributed by atoms with Crippen LogP contribution >= 0.6 is 0 Å². The van der Waals surface area contributed by atoms with Gasteiger partial charge in [-0.3, -0.25) is 0 Å². The van der Waals surface area contributed by atoms with Crippen LogP contribution < -0.4 is 5.73 Å². The summed E-state index contributed by atoms with van der Waals surface area (Å²) in [7, 11) is 0. The third kappa shape index (κ3) is 0.777. The summed E-state index contributed by atoms with van der Waals surface area (Å²) in [6, 6.07) is 2.91. The minimum Gasteiger partial charge on any atom is -0.393 e. The Morgan fingerprint density at radius 1 is 1.50 bits per heavy atom. The Balaban J connectivity index is 2.93. The van der Waals surface area contributed by atoms with Crippen LogP contribution in [0.1, 0.15) is 5.69 Å². The summed E-state index contributed by atoms with van der Waals surface area (Å²) in [5.74, 6) is -0.473. The van der Waals surface area contributed by atoms with Crippen LogP contribution in [0.15, 0.2) is 16.7 Å². The van der Waals surface area contributed by atoms with E-state index in [0.717, 1.165) is 11.1 Å². The standard InChI is InChI=1S/C8H7FN2O/c1-4-5-2-3-6(9)7(10)8(5)12-11-4/h2-3H,10H2,1H3. The van der Waals surface area contributed by atoms with Crippen LogP contribution in [0, 0.1) is 12.7 Å². The Hall–Kier alpha value is -1.58. The lowest BCUT2D eigenvalue weighted by Gasteiger charge is -1.94. The number of hydrogen-bond acceptors (Lipinski definition) is 3. The highest BCUT2D eigenvalue weighted by atomic mass is 19.1. The van der Waals surface area contributed by atoms with Crippen LogP contribution in [0.2, 0.25) is 0 Å². The van der Waals surface area contributed by atoms with Gasteiger partial charge in [-0.1, -0.05) is 5.16 Å². The van der Waals surface area contributed by atoms with Crippen molar-refractivity contribution in [1.29, 1.82) is 0 Å². The smallest absolute Gasteiger partial charge is 0.192 e. The first-order valence-electron chi connectivity index (χ1n) is 3.50. The van der Waals surface area contributed by atoms with Crippen LogP contribution in [0.25, 0.3) is 11.0 Å². The largest absolute Gasteiger partial charge is 0.393 e. The first kappa shape index (κ1) is 7.09. The molecule has 3 nitrogen and oxygen atoms in total. The molecule has 0 saturated carbocycles. The highest BCUT2D eigenvalue weighted by molar-refractivity contribution is 5.89. The molecule has 0 aliphatic heterocycles. The molecule has 0 unspecified atom stereocenters. The molecule has 2 aromatic rings. The van der Waals surface area contributed by atoms with Gasteiger partial charge < -0.3 is 10.3 Å². The monoisotopic (exact) mass is 166 g/mol. The maximum atomic E-state index is 12.8. The summed E-state index contributed by atoms with van der Waals surface area (Å²) >= 11 is 0. The molecule has 1 aromatic carbocycles. The van der Waals surface area contributed by atoms with Gasteiger partial charge in [0.05, 0.1) is 5.69 Å². The van der Waals surface area contributed by atoms with Gasteiger partial charge in [0.2, 0.25) is 0 Å². The van der Waals surface area contributed by atoms with Gasteiger partial charge in [-0.25, -0.2) is 4.39 Å². The molecule has 0 aliphatic rings. The minimum absolute atomic E-state index is 0.0214. The van der Waals surface area contributed by atoms with E-state index in [1.807, 2.05) is 0 Å². The van der Waals surface area contributed by atoms with Gasteiger partial charge in [-0.2, -0.15) is 0 Å². The number of halogens is 1. The summed E-state index contributed by atoms with van der Waals surface area (Å²) in [6.07, 6.45) is 0. The second-order valence-corrected chi connectivity index (χ2v) is 2.61. The number of nitrogens with two attached hydrogens (primary N) is 1. The highest BCUT2D eigenvalue weighted by Crippen LogP contribution is 2.25. The number of rotatable bonds is 0. The number of nitrogens with zero attached hydrogens (tertiary/aromatic N) is 1. The molecule has 62 valence electrons. The lowest BCUT2D eigenvalue weighted by Crippen LogP contribution is -1.89. The fourth-order valence-electron chi connectivity index (χ4n) is 1.12. The van der Waals surface area contributed by atoms with E-state index in [1.54, 1.807) is 13.0 Å². The predicted octanol–water partition coefficient (Wildman–Crippen LogP) is 1.86. The predicted molar refractivity (Wildman–Crippen MR) is 43.1 cm³/mol. The zero-order chi connectivity index (χ0) is 8.72. The van der Waals surface area contributed by atoms with Gasteiger partial charge in [0.25, 0.3) is 0 Å². The summed E-state index contributed by atoms with van der Waals surface area (Å²) in [5.41, 5.74) is 6.49. The lowest BCUT2D eigenvalue weighted by atomic mass is 10.2. The Morgan fingerprint density at radius 3 is 3.00 bits per heavy atom. The summed E-state index contributed by atoms with van der Waals surface area (Å²) < 4.78 is 17.7. The third-order valence-electron chi connectivity index (χ3n) is 1.81. The van der Waals surface area contributed by atoms with Gasteiger partial charge >= 0.3 is 0 Å². The van der Waals surface area contributed by atoms with Crippen molar-refractivity contribution in [2.24, 2.45) is 0 Å². The molecule has 12 heavy (non-hydrogen) atoms. The van der Waals surface area contributed by atoms with Crippen LogP contribution in [0.4, 0.5) is 10.1 Å². The van der Waals surface area contributed by atoms with Crippen LogP contribution in [-0.4, -0.2) is 5.16 Å². The van der Waals surface area contributed by atoms with Crippen molar-refractivity contribution in [3.8, 4) is 0 Å². The molecular weight excluding hydrogens is 159 g/mol. The van der Waals surface area contributed by atoms with Gasteiger partial charge in [-0.05, 0) is 19.1 Å². The number of hydrogen-bond donors (Lipinski definition) is 1. The van der Waals surface area contributed by atoms with Crippen molar-refractivity contribution in [3.05, 3.63) is 23.6 Å². The van der Waals surface area contributed by atoms with E-state index < -0.39 is 5.82 Å². The number of aromatic nitrogens is 1. The maximum absolute atomic E-state index is 12.8. The van der Waals surface area contributed by atoms with Crippen molar-refractivity contribution in [2.45, 2.75) is 6.92 Å². The van der Waals surface area contributed by atoms with Gasteiger partial charge in [0, 0.05) is 5.39 Å². The van der Waals surface area contributed by atoms with Crippen LogP contribution in [-0.2, 0) is 0 Å². The average Bonchev–Trinajstić information content (AvgIpc) is 2.41. The topological polar surface area (TPSA) is 52.0 Å². The number of anilines is 1. The fourth-order valence-corrected chi connectivity index (χ4v) is 1.12. The second kappa shape index (κ2) is 2.20. The van der Waals surface area contributed by atoms with Crippen molar-refractivity contribution < 1.29 is 8.91 Å². The zero-order valence-corrected chi connectivity index (χ0v) is 6.47. The Labute approximate surface area is 67.9 Å². The van der Waals surface area contributed by atoms with E-state index >= 15 is 0 Å². The summed E-state index contributed by atoms with van der Waals surface area (Å²) in [4.78, 5) is 0.